The van der Waals surface area contributed by atoms with Gasteiger partial charge in [-0.1, -0.05) is 11.6 Å². The van der Waals surface area contributed by atoms with Crippen LogP contribution >= 0.6 is 11.6 Å². The Morgan fingerprint density at radius 1 is 1.09 bits per heavy atom. The molecule has 2 aromatic heterocycles. The first kappa shape index (κ1) is 21.1. The van der Waals surface area contributed by atoms with Crippen molar-refractivity contribution in [2.45, 2.75) is 18.9 Å². The van der Waals surface area contributed by atoms with E-state index < -0.39 is 17.7 Å². The number of anilines is 3. The minimum Gasteiger partial charge on any atom is -0.349 e. The highest BCUT2D eigenvalue weighted by molar-refractivity contribution is 6.30. The van der Waals surface area contributed by atoms with Crippen LogP contribution in [0, 0.1) is 11.6 Å². The fourth-order valence-corrected chi connectivity index (χ4v) is 4.19. The van der Waals surface area contributed by atoms with Crippen LogP contribution in [0.3, 0.4) is 0 Å². The smallest absolute Gasteiger partial charge is 0.323 e. The first-order valence-corrected chi connectivity index (χ1v) is 10.8. The maximum absolute atomic E-state index is 14.4. The van der Waals surface area contributed by atoms with Gasteiger partial charge in [-0.05, 0) is 61.4 Å². The Labute approximate surface area is 193 Å². The van der Waals surface area contributed by atoms with E-state index in [1.807, 2.05) is 4.90 Å². The summed E-state index contributed by atoms with van der Waals surface area (Å²) in [5.74, 6) is -0.328. The SMILES string of the molecule is O=C(Nc1ccc(Cl)cc1)Nc1cnn2ccc(N3CCC[C@@H]3c3cc(F)ccc3F)nc12. The number of benzene rings is 2. The zero-order chi connectivity index (χ0) is 22.9. The molecule has 3 heterocycles. The summed E-state index contributed by atoms with van der Waals surface area (Å²) in [7, 11) is 0. The minimum absolute atomic E-state index is 0.309. The molecule has 0 unspecified atom stereocenters. The third-order valence-corrected chi connectivity index (χ3v) is 5.82. The normalized spacial score (nSPS) is 15.7. The molecule has 1 fully saturated rings. The molecule has 2 aromatic carbocycles. The van der Waals surface area contributed by atoms with Crippen LogP contribution < -0.4 is 15.5 Å². The van der Waals surface area contributed by atoms with Gasteiger partial charge >= 0.3 is 6.03 Å². The predicted molar refractivity (Wildman–Crippen MR) is 123 cm³/mol. The molecule has 2 amide bonds. The van der Waals surface area contributed by atoms with Gasteiger partial charge in [-0.15, -0.1) is 0 Å². The molecule has 5 rings (SSSR count). The monoisotopic (exact) mass is 468 g/mol. The maximum Gasteiger partial charge on any atom is 0.323 e. The Bertz CT molecular complexity index is 1330. The number of amides is 2. The molecule has 1 aliphatic heterocycles. The number of carbonyl (C=O) groups is 1. The van der Waals surface area contributed by atoms with E-state index in [0.717, 1.165) is 18.6 Å². The molecule has 1 aliphatic rings. The van der Waals surface area contributed by atoms with Gasteiger partial charge in [-0.25, -0.2) is 23.1 Å². The number of nitrogens with zero attached hydrogens (tertiary/aromatic N) is 4. The summed E-state index contributed by atoms with van der Waals surface area (Å²) in [4.78, 5) is 19.1. The molecule has 0 bridgehead atoms. The summed E-state index contributed by atoms with van der Waals surface area (Å²) in [5, 5.41) is 10.3. The van der Waals surface area contributed by atoms with E-state index in [-0.39, 0.29) is 6.04 Å². The van der Waals surface area contributed by atoms with Crippen molar-refractivity contribution in [1.29, 1.82) is 0 Å². The third-order valence-electron chi connectivity index (χ3n) is 5.57. The minimum atomic E-state index is -0.476. The zero-order valence-corrected chi connectivity index (χ0v) is 18.1. The third kappa shape index (κ3) is 4.31. The quantitative estimate of drug-likeness (QED) is 0.406. The van der Waals surface area contributed by atoms with Crippen LogP contribution in [0.25, 0.3) is 5.65 Å². The van der Waals surface area contributed by atoms with Crippen molar-refractivity contribution in [2.24, 2.45) is 0 Å². The lowest BCUT2D eigenvalue weighted by Crippen LogP contribution is -2.25. The first-order valence-electron chi connectivity index (χ1n) is 10.4. The maximum atomic E-state index is 14.4. The number of fused-ring (bicyclic) bond motifs is 1. The topological polar surface area (TPSA) is 74.6 Å². The summed E-state index contributed by atoms with van der Waals surface area (Å²) >= 11 is 5.87. The van der Waals surface area contributed by atoms with Crippen LogP contribution in [-0.4, -0.2) is 27.2 Å². The Balaban J connectivity index is 1.40. The van der Waals surface area contributed by atoms with Crippen LogP contribution in [-0.2, 0) is 0 Å². The van der Waals surface area contributed by atoms with Gasteiger partial charge in [-0.3, -0.25) is 0 Å². The van der Waals surface area contributed by atoms with Crippen LogP contribution in [0.4, 0.5) is 30.8 Å². The van der Waals surface area contributed by atoms with Gasteiger partial charge in [0, 0.05) is 29.0 Å². The molecule has 33 heavy (non-hydrogen) atoms. The van der Waals surface area contributed by atoms with Gasteiger partial charge in [0.2, 0.25) is 0 Å². The average Bonchev–Trinajstić information content (AvgIpc) is 3.44. The molecule has 0 spiro atoms. The van der Waals surface area contributed by atoms with E-state index in [1.165, 1.54) is 16.8 Å². The van der Waals surface area contributed by atoms with Crippen LogP contribution in [0.1, 0.15) is 24.4 Å². The van der Waals surface area contributed by atoms with E-state index in [9.17, 15) is 13.6 Å². The van der Waals surface area contributed by atoms with Gasteiger partial charge in [-0.2, -0.15) is 5.10 Å². The lowest BCUT2D eigenvalue weighted by Gasteiger charge is -2.26. The van der Waals surface area contributed by atoms with Crippen molar-refractivity contribution in [3.8, 4) is 0 Å². The van der Waals surface area contributed by atoms with Crippen molar-refractivity contribution < 1.29 is 13.6 Å². The van der Waals surface area contributed by atoms with E-state index in [2.05, 4.69) is 20.7 Å². The van der Waals surface area contributed by atoms with Crippen molar-refractivity contribution >= 4 is 40.5 Å². The Hall–Kier alpha value is -3.72. The number of aromatic nitrogens is 3. The van der Waals surface area contributed by atoms with Crippen LogP contribution in [0.2, 0.25) is 5.02 Å². The van der Waals surface area contributed by atoms with Crippen molar-refractivity contribution in [3.05, 3.63) is 83.1 Å². The van der Waals surface area contributed by atoms with Crippen molar-refractivity contribution in [1.82, 2.24) is 14.6 Å². The molecule has 10 heteroatoms. The summed E-state index contributed by atoms with van der Waals surface area (Å²) in [6, 6.07) is 11.2. The number of carbonyl (C=O) groups excluding carboxylic acids is 1. The summed E-state index contributed by atoms with van der Waals surface area (Å²) < 4.78 is 29.8. The van der Waals surface area contributed by atoms with E-state index >= 15 is 0 Å². The van der Waals surface area contributed by atoms with Crippen molar-refractivity contribution in [2.75, 3.05) is 22.1 Å². The van der Waals surface area contributed by atoms with Gasteiger partial charge in [0.05, 0.1) is 12.2 Å². The predicted octanol–water partition coefficient (Wildman–Crippen LogP) is 5.65. The summed E-state index contributed by atoms with van der Waals surface area (Å²) in [5.41, 5.74) is 1.74. The largest absolute Gasteiger partial charge is 0.349 e. The van der Waals surface area contributed by atoms with Gasteiger partial charge < -0.3 is 15.5 Å². The average molecular weight is 469 g/mol. The Morgan fingerprint density at radius 2 is 1.91 bits per heavy atom. The van der Waals surface area contributed by atoms with E-state index in [1.54, 1.807) is 36.5 Å². The van der Waals surface area contributed by atoms with Gasteiger partial charge in [0.15, 0.2) is 5.65 Å². The molecule has 0 radical (unpaired) electrons. The molecule has 1 atom stereocenters. The second-order valence-electron chi connectivity index (χ2n) is 7.72. The second kappa shape index (κ2) is 8.67. The number of hydrogen-bond acceptors (Lipinski definition) is 4. The molecule has 0 aliphatic carbocycles. The fourth-order valence-electron chi connectivity index (χ4n) is 4.06. The second-order valence-corrected chi connectivity index (χ2v) is 8.15. The van der Waals surface area contributed by atoms with Gasteiger partial charge in [0.25, 0.3) is 0 Å². The Morgan fingerprint density at radius 3 is 2.73 bits per heavy atom. The van der Waals surface area contributed by atoms with Gasteiger partial charge in [0.1, 0.15) is 23.1 Å². The lowest BCUT2D eigenvalue weighted by molar-refractivity contribution is 0.262. The fraction of sp³-hybridized carbons (Fsp3) is 0.174. The molecule has 0 saturated carbocycles. The lowest BCUT2D eigenvalue weighted by atomic mass is 10.0. The number of hydrogen-bond donors (Lipinski definition) is 2. The van der Waals surface area contributed by atoms with Crippen molar-refractivity contribution in [3.63, 3.8) is 0 Å². The number of urea groups is 1. The highest BCUT2D eigenvalue weighted by Gasteiger charge is 2.30. The molecule has 1 saturated heterocycles. The van der Waals surface area contributed by atoms with E-state index in [0.29, 0.717) is 46.4 Å². The Kier molecular flexibility index (Phi) is 5.55. The number of halogens is 3. The number of rotatable bonds is 4. The summed E-state index contributed by atoms with van der Waals surface area (Å²) in [6.07, 6.45) is 4.72. The van der Waals surface area contributed by atoms with Crippen LogP contribution in [0.5, 0.6) is 0 Å². The molecular weight excluding hydrogens is 450 g/mol. The van der Waals surface area contributed by atoms with Crippen LogP contribution in [0.15, 0.2) is 60.9 Å². The highest BCUT2D eigenvalue weighted by Crippen LogP contribution is 2.37. The van der Waals surface area contributed by atoms with E-state index in [4.69, 9.17) is 11.6 Å². The zero-order valence-electron chi connectivity index (χ0n) is 17.3. The molecular formula is C23H19ClF2N6O. The first-order chi connectivity index (χ1) is 16.0. The molecule has 2 N–H and O–H groups in total. The summed E-state index contributed by atoms with van der Waals surface area (Å²) in [6.45, 7) is 0.651. The molecule has 7 nitrogen and oxygen atoms in total. The highest BCUT2D eigenvalue weighted by atomic mass is 35.5. The molecule has 4 aromatic rings. The number of nitrogens with one attached hydrogen (secondary N) is 2. The molecule has 168 valence electrons. The standard InChI is InChI=1S/C23H19ClF2N6O/c24-14-3-6-16(7-4-14)28-23(33)29-19-13-27-32-11-9-21(30-22(19)32)31-10-1-2-20(31)17-12-15(25)5-8-18(17)26/h3-9,11-13,20H,1-2,10H2,(H2,28,29,33)/t20-/m1/s1.